The summed E-state index contributed by atoms with van der Waals surface area (Å²) in [6.45, 7) is 10.0. The Hall–Kier alpha value is -0.330. The van der Waals surface area contributed by atoms with Crippen molar-refractivity contribution in [3.8, 4) is 0 Å². The van der Waals surface area contributed by atoms with Crippen molar-refractivity contribution in [1.29, 1.82) is 0 Å². The van der Waals surface area contributed by atoms with E-state index >= 15 is 0 Å². The number of carbonyl (C=O) groups is 1. The molecule has 0 heterocycles. The van der Waals surface area contributed by atoms with E-state index in [0.717, 1.165) is 24.2 Å². The first-order chi connectivity index (χ1) is 10.3. The Balaban J connectivity index is 1.68. The zero-order chi connectivity index (χ0) is 15.8. The fourth-order valence-corrected chi connectivity index (χ4v) is 7.71. The maximum absolute atomic E-state index is 12.5. The number of fused-ring (bicyclic) bond motifs is 5. The van der Waals surface area contributed by atoms with Crippen LogP contribution in [0, 0.1) is 39.9 Å². The third kappa shape index (κ3) is 1.75. The molecule has 0 N–H and O–H groups in total. The van der Waals surface area contributed by atoms with Crippen LogP contribution in [0.5, 0.6) is 0 Å². The maximum Gasteiger partial charge on any atom is 0.139 e. The first kappa shape index (κ1) is 15.2. The standard InChI is InChI=1S/C21H34O/c1-14-7-12-21(4)17-9-11-20(3)16(5-6-18(20)22)15(17)8-10-19(21,2)13-14/h14-17H,5-13H2,1-4H3/t14?,15?,16?,17?,19-,20+,21-/m1/s1. The Kier molecular flexibility index (Phi) is 3.18. The predicted molar refractivity (Wildman–Crippen MR) is 90.5 cm³/mol. The molecule has 0 spiro atoms. The van der Waals surface area contributed by atoms with E-state index in [1.54, 1.807) is 0 Å². The van der Waals surface area contributed by atoms with E-state index in [1.165, 1.54) is 51.4 Å². The second kappa shape index (κ2) is 4.61. The highest BCUT2D eigenvalue weighted by Crippen LogP contribution is 2.69. The lowest BCUT2D eigenvalue weighted by molar-refractivity contribution is -0.161. The second-order valence-electron chi connectivity index (χ2n) is 10.2. The van der Waals surface area contributed by atoms with Crippen molar-refractivity contribution in [2.45, 2.75) is 85.5 Å². The Morgan fingerprint density at radius 2 is 1.68 bits per heavy atom. The van der Waals surface area contributed by atoms with Crippen molar-refractivity contribution in [1.82, 2.24) is 0 Å². The normalized spacial score (nSPS) is 57.9. The van der Waals surface area contributed by atoms with Gasteiger partial charge in [0.05, 0.1) is 0 Å². The third-order valence-corrected chi connectivity index (χ3v) is 9.33. The molecular weight excluding hydrogens is 268 g/mol. The molecule has 22 heavy (non-hydrogen) atoms. The molecule has 4 aliphatic carbocycles. The highest BCUT2D eigenvalue weighted by Gasteiger charge is 2.62. The minimum atomic E-state index is 0.0488. The summed E-state index contributed by atoms with van der Waals surface area (Å²) in [5.74, 6) is 3.95. The van der Waals surface area contributed by atoms with Crippen molar-refractivity contribution in [3.63, 3.8) is 0 Å². The monoisotopic (exact) mass is 302 g/mol. The van der Waals surface area contributed by atoms with E-state index in [-0.39, 0.29) is 5.41 Å². The molecule has 4 aliphatic rings. The van der Waals surface area contributed by atoms with Gasteiger partial charge in [-0.2, -0.15) is 0 Å². The van der Waals surface area contributed by atoms with Gasteiger partial charge in [0.2, 0.25) is 0 Å². The van der Waals surface area contributed by atoms with Crippen molar-refractivity contribution >= 4 is 5.78 Å². The quantitative estimate of drug-likeness (QED) is 0.567. The molecule has 1 heteroatoms. The van der Waals surface area contributed by atoms with Gasteiger partial charge in [-0.3, -0.25) is 4.79 Å². The zero-order valence-corrected chi connectivity index (χ0v) is 15.1. The number of ketones is 1. The smallest absolute Gasteiger partial charge is 0.139 e. The number of Topliss-reactive ketones (excluding diaryl/α,β-unsaturated/α-hetero) is 1. The first-order valence-corrected chi connectivity index (χ1v) is 9.83. The van der Waals surface area contributed by atoms with E-state index < -0.39 is 0 Å². The summed E-state index contributed by atoms with van der Waals surface area (Å²) in [6.07, 6.45) is 11.7. The average Bonchev–Trinajstić information content (AvgIpc) is 2.76. The van der Waals surface area contributed by atoms with E-state index in [2.05, 4.69) is 27.7 Å². The lowest BCUT2D eigenvalue weighted by atomic mass is 9.40. The molecule has 0 bridgehead atoms. The Morgan fingerprint density at radius 3 is 2.45 bits per heavy atom. The van der Waals surface area contributed by atoms with Crippen LogP contribution in [0.15, 0.2) is 0 Å². The summed E-state index contributed by atoms with van der Waals surface area (Å²) < 4.78 is 0. The molecule has 1 nitrogen and oxygen atoms in total. The van der Waals surface area contributed by atoms with E-state index in [4.69, 9.17) is 0 Å². The van der Waals surface area contributed by atoms with Gasteiger partial charge in [0.25, 0.3) is 0 Å². The van der Waals surface area contributed by atoms with Crippen LogP contribution in [-0.2, 0) is 4.79 Å². The molecule has 4 fully saturated rings. The van der Waals surface area contributed by atoms with Gasteiger partial charge in [-0.15, -0.1) is 0 Å². The summed E-state index contributed by atoms with van der Waals surface area (Å²) in [5.41, 5.74) is 1.14. The van der Waals surface area contributed by atoms with Gasteiger partial charge in [0.1, 0.15) is 5.78 Å². The minimum absolute atomic E-state index is 0.0488. The van der Waals surface area contributed by atoms with Crippen LogP contribution in [0.1, 0.15) is 85.5 Å². The molecule has 0 aliphatic heterocycles. The largest absolute Gasteiger partial charge is 0.299 e. The minimum Gasteiger partial charge on any atom is -0.299 e. The highest BCUT2D eigenvalue weighted by molar-refractivity contribution is 5.87. The van der Waals surface area contributed by atoms with Crippen molar-refractivity contribution in [3.05, 3.63) is 0 Å². The number of rotatable bonds is 0. The summed E-state index contributed by atoms with van der Waals surface area (Å²) in [7, 11) is 0. The highest BCUT2D eigenvalue weighted by atomic mass is 16.1. The molecular formula is C21H34O. The zero-order valence-electron chi connectivity index (χ0n) is 15.1. The molecule has 4 rings (SSSR count). The Labute approximate surface area is 136 Å². The van der Waals surface area contributed by atoms with Crippen molar-refractivity contribution < 1.29 is 4.79 Å². The van der Waals surface area contributed by atoms with Crippen LogP contribution < -0.4 is 0 Å². The van der Waals surface area contributed by atoms with Gasteiger partial charge >= 0.3 is 0 Å². The predicted octanol–water partition coefficient (Wildman–Crippen LogP) is 5.62. The fourth-order valence-electron chi connectivity index (χ4n) is 7.71. The fraction of sp³-hybridized carbons (Fsp3) is 0.952. The molecule has 0 saturated heterocycles. The van der Waals surface area contributed by atoms with Gasteiger partial charge in [-0.25, -0.2) is 0 Å². The summed E-state index contributed by atoms with van der Waals surface area (Å²) in [6, 6.07) is 0. The second-order valence-corrected chi connectivity index (χ2v) is 10.2. The van der Waals surface area contributed by atoms with Gasteiger partial charge in [-0.1, -0.05) is 34.1 Å². The van der Waals surface area contributed by atoms with Crippen LogP contribution in [0.3, 0.4) is 0 Å². The SMILES string of the molecule is CC1CC[C@]2(C)C3CC[C@]4(C)C(=O)CCC4C3CC[C@]2(C)C1. The van der Waals surface area contributed by atoms with Gasteiger partial charge in [0.15, 0.2) is 0 Å². The van der Waals surface area contributed by atoms with Crippen molar-refractivity contribution in [2.24, 2.45) is 39.9 Å². The molecule has 0 radical (unpaired) electrons. The third-order valence-electron chi connectivity index (χ3n) is 9.33. The van der Waals surface area contributed by atoms with Gasteiger partial charge in [0, 0.05) is 11.8 Å². The Bertz CT molecular complexity index is 496. The van der Waals surface area contributed by atoms with E-state index in [1.807, 2.05) is 0 Å². The molecule has 0 aromatic carbocycles. The topological polar surface area (TPSA) is 17.1 Å². The van der Waals surface area contributed by atoms with Gasteiger partial charge in [-0.05, 0) is 79.4 Å². The first-order valence-electron chi connectivity index (χ1n) is 9.83. The van der Waals surface area contributed by atoms with Gasteiger partial charge < -0.3 is 0 Å². The van der Waals surface area contributed by atoms with Crippen LogP contribution in [0.2, 0.25) is 0 Å². The van der Waals surface area contributed by atoms with Crippen LogP contribution in [0.4, 0.5) is 0 Å². The summed E-state index contributed by atoms with van der Waals surface area (Å²) in [5, 5.41) is 0. The summed E-state index contributed by atoms with van der Waals surface area (Å²) >= 11 is 0. The van der Waals surface area contributed by atoms with Crippen LogP contribution in [0.25, 0.3) is 0 Å². The number of hydrogen-bond acceptors (Lipinski definition) is 1. The molecule has 7 atom stereocenters. The molecule has 4 saturated carbocycles. The molecule has 4 unspecified atom stereocenters. The summed E-state index contributed by atoms with van der Waals surface area (Å²) in [4.78, 5) is 12.5. The van der Waals surface area contributed by atoms with Crippen LogP contribution in [-0.4, -0.2) is 5.78 Å². The van der Waals surface area contributed by atoms with E-state index in [9.17, 15) is 4.79 Å². The number of hydrogen-bond donors (Lipinski definition) is 0. The lowest BCUT2D eigenvalue weighted by Gasteiger charge is -2.64. The van der Waals surface area contributed by atoms with Crippen LogP contribution >= 0.6 is 0 Å². The molecule has 124 valence electrons. The van der Waals surface area contributed by atoms with Crippen molar-refractivity contribution in [2.75, 3.05) is 0 Å². The Morgan fingerprint density at radius 1 is 0.909 bits per heavy atom. The maximum atomic E-state index is 12.5. The molecule has 0 amide bonds. The molecule has 0 aromatic heterocycles. The molecule has 0 aromatic rings. The lowest BCUT2D eigenvalue weighted by Crippen LogP contribution is -2.57. The number of carbonyl (C=O) groups excluding carboxylic acids is 1. The van der Waals surface area contributed by atoms with E-state index in [0.29, 0.717) is 22.5 Å². The average molecular weight is 303 g/mol.